The summed E-state index contributed by atoms with van der Waals surface area (Å²) in [7, 11) is 0. The molecule has 0 radical (unpaired) electrons. The quantitative estimate of drug-likeness (QED) is 0.619. The molecule has 1 saturated heterocycles. The molecular weight excluding hydrogens is 360 g/mol. The van der Waals surface area contributed by atoms with Crippen LogP contribution in [-0.4, -0.2) is 46.1 Å². The minimum absolute atomic E-state index is 0.134. The van der Waals surface area contributed by atoms with Crippen LogP contribution in [0.1, 0.15) is 38.2 Å². The second kappa shape index (κ2) is 8.21. The van der Waals surface area contributed by atoms with Crippen LogP contribution in [0, 0.1) is 17.2 Å². The van der Waals surface area contributed by atoms with Gasteiger partial charge in [0.2, 0.25) is 5.91 Å². The predicted molar refractivity (Wildman–Crippen MR) is 99.8 cm³/mol. The van der Waals surface area contributed by atoms with Crippen molar-refractivity contribution in [2.45, 2.75) is 45.1 Å². The molecule has 3 rings (SSSR count). The van der Waals surface area contributed by atoms with E-state index in [4.69, 9.17) is 5.26 Å². The Kier molecular flexibility index (Phi) is 5.73. The van der Waals surface area contributed by atoms with Gasteiger partial charge in [-0.05, 0) is 36.5 Å². The highest BCUT2D eigenvalue weighted by atomic mass is 16.2. The van der Waals surface area contributed by atoms with Crippen LogP contribution in [0.4, 0.5) is 10.5 Å². The second-order valence-corrected chi connectivity index (χ2v) is 7.26. The summed E-state index contributed by atoms with van der Waals surface area (Å²) in [5.74, 6) is -2.24. The molecule has 8 heteroatoms. The van der Waals surface area contributed by atoms with Gasteiger partial charge in [-0.15, -0.1) is 0 Å². The Morgan fingerprint density at radius 2 is 1.82 bits per heavy atom. The van der Waals surface area contributed by atoms with E-state index < -0.39 is 30.3 Å². The first-order valence-corrected chi connectivity index (χ1v) is 9.37. The summed E-state index contributed by atoms with van der Waals surface area (Å²) >= 11 is 0. The van der Waals surface area contributed by atoms with E-state index in [1.807, 2.05) is 13.0 Å². The smallest absolute Gasteiger partial charge is 0.325 e. The third-order valence-electron chi connectivity index (χ3n) is 5.30. The molecule has 0 unspecified atom stereocenters. The lowest BCUT2D eigenvalue weighted by atomic mass is 9.85. The van der Waals surface area contributed by atoms with Gasteiger partial charge in [0.05, 0.1) is 12.5 Å². The summed E-state index contributed by atoms with van der Waals surface area (Å²) in [4.78, 5) is 51.4. The van der Waals surface area contributed by atoms with Crippen molar-refractivity contribution in [2.75, 3.05) is 11.9 Å². The molecule has 2 aliphatic rings. The Hall–Kier alpha value is -3.21. The maximum Gasteiger partial charge on any atom is 0.334 e. The highest BCUT2D eigenvalue weighted by Gasteiger charge is 2.49. The van der Waals surface area contributed by atoms with E-state index in [2.05, 4.69) is 5.32 Å². The summed E-state index contributed by atoms with van der Waals surface area (Å²) in [6.07, 6.45) is 3.80. The highest BCUT2D eigenvalue weighted by molar-refractivity contribution is 6.45. The third kappa shape index (κ3) is 3.88. The van der Waals surface area contributed by atoms with Gasteiger partial charge in [-0.2, -0.15) is 5.26 Å². The molecule has 2 fully saturated rings. The Morgan fingerprint density at radius 3 is 2.46 bits per heavy atom. The molecule has 1 N–H and O–H groups in total. The first-order valence-electron chi connectivity index (χ1n) is 9.37. The topological polar surface area (TPSA) is 111 Å². The average Bonchev–Trinajstić information content (AvgIpc) is 2.88. The molecule has 1 aliphatic carbocycles. The van der Waals surface area contributed by atoms with E-state index in [1.54, 1.807) is 24.3 Å². The minimum atomic E-state index is -0.956. The van der Waals surface area contributed by atoms with Crippen molar-refractivity contribution in [3.8, 4) is 6.07 Å². The van der Waals surface area contributed by atoms with Crippen molar-refractivity contribution < 1.29 is 19.2 Å². The number of rotatable bonds is 5. The molecule has 28 heavy (non-hydrogen) atoms. The lowest BCUT2D eigenvalue weighted by molar-refractivity contribution is -0.145. The van der Waals surface area contributed by atoms with Gasteiger partial charge in [0.25, 0.3) is 0 Å². The number of urea groups is 1. The van der Waals surface area contributed by atoms with Gasteiger partial charge >= 0.3 is 17.8 Å². The van der Waals surface area contributed by atoms with Crippen LogP contribution in [0.15, 0.2) is 24.3 Å². The summed E-state index contributed by atoms with van der Waals surface area (Å²) in [6, 6.07) is 7.72. The SMILES string of the molecule is C[C@@H]1CCCC[C@@H]1N1C(=O)C(=O)N(CC(=O)Nc2ccc(CC#N)cc2)C1=O. The molecule has 2 atom stereocenters. The summed E-state index contributed by atoms with van der Waals surface area (Å²) in [5.41, 5.74) is 1.29. The Bertz CT molecular complexity index is 843. The predicted octanol–water partition coefficient (Wildman–Crippen LogP) is 2.06. The van der Waals surface area contributed by atoms with Gasteiger partial charge in [0.1, 0.15) is 6.54 Å². The Balaban J connectivity index is 1.65. The number of nitrogens with zero attached hydrogens (tertiary/aromatic N) is 3. The second-order valence-electron chi connectivity index (χ2n) is 7.26. The number of hydrogen-bond acceptors (Lipinski definition) is 5. The Labute approximate surface area is 163 Å². The van der Waals surface area contributed by atoms with Crippen LogP contribution >= 0.6 is 0 Å². The number of hydrogen-bond donors (Lipinski definition) is 1. The number of benzene rings is 1. The van der Waals surface area contributed by atoms with Crippen molar-refractivity contribution in [3.05, 3.63) is 29.8 Å². The normalized spacial score (nSPS) is 22.4. The van der Waals surface area contributed by atoms with Gasteiger partial charge in [0.15, 0.2) is 0 Å². The molecule has 5 amide bonds. The molecule has 0 spiro atoms. The molecule has 1 aliphatic heterocycles. The maximum absolute atomic E-state index is 12.7. The largest absolute Gasteiger partial charge is 0.334 e. The van der Waals surface area contributed by atoms with E-state index >= 15 is 0 Å². The molecule has 1 aromatic rings. The zero-order chi connectivity index (χ0) is 20.3. The highest BCUT2D eigenvalue weighted by Crippen LogP contribution is 2.31. The van der Waals surface area contributed by atoms with Crippen LogP contribution in [0.5, 0.6) is 0 Å². The van der Waals surface area contributed by atoms with Crippen LogP contribution in [0.3, 0.4) is 0 Å². The van der Waals surface area contributed by atoms with E-state index in [9.17, 15) is 19.2 Å². The van der Waals surface area contributed by atoms with Gasteiger partial charge in [-0.1, -0.05) is 31.9 Å². The van der Waals surface area contributed by atoms with Gasteiger partial charge in [-0.3, -0.25) is 19.3 Å². The zero-order valence-corrected chi connectivity index (χ0v) is 15.7. The Morgan fingerprint density at radius 1 is 1.14 bits per heavy atom. The number of nitrogens with one attached hydrogen (secondary N) is 1. The van der Waals surface area contributed by atoms with E-state index in [1.165, 1.54) is 0 Å². The first kappa shape index (κ1) is 19.5. The molecule has 8 nitrogen and oxygen atoms in total. The van der Waals surface area contributed by atoms with Crippen molar-refractivity contribution in [3.63, 3.8) is 0 Å². The fraction of sp³-hybridized carbons (Fsp3) is 0.450. The number of carbonyl (C=O) groups excluding carboxylic acids is 4. The van der Waals surface area contributed by atoms with Crippen LogP contribution in [0.25, 0.3) is 0 Å². The number of nitriles is 1. The standard InChI is InChI=1S/C20H22N4O4/c1-13-4-2-3-5-16(13)24-19(27)18(26)23(20(24)28)12-17(25)22-15-8-6-14(7-9-15)10-11-21/h6-9,13,16H,2-5,10,12H2,1H3,(H,22,25)/t13-,16+/m1/s1. The molecular formula is C20H22N4O4. The van der Waals surface area contributed by atoms with E-state index in [-0.39, 0.29) is 18.4 Å². The molecule has 1 aromatic carbocycles. The van der Waals surface area contributed by atoms with E-state index in [0.29, 0.717) is 17.0 Å². The molecule has 1 saturated carbocycles. The lowest BCUT2D eigenvalue weighted by Gasteiger charge is -2.34. The molecule has 0 aromatic heterocycles. The van der Waals surface area contributed by atoms with E-state index in [0.717, 1.165) is 29.7 Å². The monoisotopic (exact) mass is 382 g/mol. The number of imide groups is 2. The van der Waals surface area contributed by atoms with Crippen molar-refractivity contribution in [1.29, 1.82) is 5.26 Å². The van der Waals surface area contributed by atoms with Crippen molar-refractivity contribution in [1.82, 2.24) is 9.80 Å². The van der Waals surface area contributed by atoms with Crippen LogP contribution in [-0.2, 0) is 20.8 Å². The summed E-state index contributed by atoms with van der Waals surface area (Å²) < 4.78 is 0. The zero-order valence-electron chi connectivity index (χ0n) is 15.7. The number of anilines is 1. The van der Waals surface area contributed by atoms with Gasteiger partial charge in [-0.25, -0.2) is 9.69 Å². The summed E-state index contributed by atoms with van der Waals surface area (Å²) in [5, 5.41) is 11.3. The first-order chi connectivity index (χ1) is 13.4. The minimum Gasteiger partial charge on any atom is -0.325 e. The molecule has 1 heterocycles. The van der Waals surface area contributed by atoms with Gasteiger partial charge in [0, 0.05) is 11.7 Å². The average molecular weight is 382 g/mol. The lowest BCUT2D eigenvalue weighted by Crippen LogP contribution is -2.46. The van der Waals surface area contributed by atoms with Crippen LogP contribution in [0.2, 0.25) is 0 Å². The summed E-state index contributed by atoms with van der Waals surface area (Å²) in [6.45, 7) is 1.46. The number of amides is 5. The van der Waals surface area contributed by atoms with Gasteiger partial charge < -0.3 is 5.32 Å². The maximum atomic E-state index is 12.7. The fourth-order valence-corrected chi connectivity index (χ4v) is 3.78. The van der Waals surface area contributed by atoms with Crippen molar-refractivity contribution >= 4 is 29.4 Å². The van der Waals surface area contributed by atoms with Crippen molar-refractivity contribution in [2.24, 2.45) is 5.92 Å². The third-order valence-corrected chi connectivity index (χ3v) is 5.30. The number of carbonyl (C=O) groups is 4. The fourth-order valence-electron chi connectivity index (χ4n) is 3.78. The molecule has 146 valence electrons. The molecule has 0 bridgehead atoms. The van der Waals surface area contributed by atoms with Crippen LogP contribution < -0.4 is 5.32 Å².